The highest BCUT2D eigenvalue weighted by atomic mass is 35.5. The van der Waals surface area contributed by atoms with E-state index in [-0.39, 0.29) is 24.2 Å². The molecule has 0 bridgehead atoms. The zero-order valence-corrected chi connectivity index (χ0v) is 12.6. The number of benzene rings is 1. The van der Waals surface area contributed by atoms with Gasteiger partial charge in [-0.25, -0.2) is 0 Å². The molecule has 5 heteroatoms. The molecule has 0 fully saturated rings. The lowest BCUT2D eigenvalue weighted by Gasteiger charge is -2.22. The van der Waals surface area contributed by atoms with Crippen LogP contribution in [0, 0.1) is 0 Å². The molecule has 0 radical (unpaired) electrons. The van der Waals surface area contributed by atoms with Crippen LogP contribution in [0.3, 0.4) is 0 Å². The number of phenols is 1. The molecule has 0 aromatic heterocycles. The summed E-state index contributed by atoms with van der Waals surface area (Å²) in [5, 5.41) is 10.1. The van der Waals surface area contributed by atoms with Crippen molar-refractivity contribution in [1.29, 1.82) is 0 Å². The summed E-state index contributed by atoms with van der Waals surface area (Å²) in [4.78, 5) is 2.19. The van der Waals surface area contributed by atoms with E-state index < -0.39 is 0 Å². The van der Waals surface area contributed by atoms with E-state index in [4.69, 9.17) is 11.5 Å². The average Bonchev–Trinajstić information content (AvgIpc) is 2.37. The molecule has 1 rings (SSSR count). The Hall–Kier alpha value is -0.970. The molecule has 110 valence electrons. The van der Waals surface area contributed by atoms with Gasteiger partial charge in [-0.3, -0.25) is 0 Å². The van der Waals surface area contributed by atoms with E-state index >= 15 is 0 Å². The van der Waals surface area contributed by atoms with Crippen molar-refractivity contribution in [3.05, 3.63) is 23.8 Å². The summed E-state index contributed by atoms with van der Waals surface area (Å²) in [5.74, 6) is 0.281. The molecule has 0 spiro atoms. The van der Waals surface area contributed by atoms with Crippen LogP contribution in [-0.2, 0) is 0 Å². The first-order valence-corrected chi connectivity index (χ1v) is 6.67. The van der Waals surface area contributed by atoms with Crippen molar-refractivity contribution < 1.29 is 5.11 Å². The fraction of sp³-hybridized carbons (Fsp3) is 0.571. The number of phenolic OH excluding ortho intramolecular Hbond substituents is 1. The Balaban J connectivity index is 0.00000324. The SMILES string of the molecule is CCN(CC)c1ccc([C@@H](N)CCCN)c(O)c1.Cl. The van der Waals surface area contributed by atoms with Crippen LogP contribution in [0.15, 0.2) is 18.2 Å². The normalized spacial score (nSPS) is 11.8. The lowest BCUT2D eigenvalue weighted by molar-refractivity contribution is 0.457. The molecule has 19 heavy (non-hydrogen) atoms. The van der Waals surface area contributed by atoms with Crippen molar-refractivity contribution >= 4 is 18.1 Å². The smallest absolute Gasteiger partial charge is 0.122 e. The number of nitrogens with zero attached hydrogens (tertiary/aromatic N) is 1. The first-order valence-electron chi connectivity index (χ1n) is 6.67. The molecular formula is C14H26ClN3O. The highest BCUT2D eigenvalue weighted by Gasteiger charge is 2.12. The van der Waals surface area contributed by atoms with Gasteiger partial charge in [-0.05, 0) is 39.3 Å². The van der Waals surface area contributed by atoms with E-state index in [0.717, 1.165) is 37.2 Å². The maximum atomic E-state index is 10.1. The van der Waals surface area contributed by atoms with Crippen LogP contribution in [-0.4, -0.2) is 24.7 Å². The van der Waals surface area contributed by atoms with Gasteiger partial charge in [0.1, 0.15) is 5.75 Å². The van der Waals surface area contributed by atoms with Crippen molar-refractivity contribution in [3.63, 3.8) is 0 Å². The van der Waals surface area contributed by atoms with Gasteiger partial charge < -0.3 is 21.5 Å². The van der Waals surface area contributed by atoms with Crippen molar-refractivity contribution in [2.45, 2.75) is 32.7 Å². The van der Waals surface area contributed by atoms with Crippen molar-refractivity contribution in [2.24, 2.45) is 11.5 Å². The highest BCUT2D eigenvalue weighted by molar-refractivity contribution is 5.85. The van der Waals surface area contributed by atoms with E-state index in [9.17, 15) is 5.11 Å². The molecule has 1 atom stereocenters. The molecule has 1 aromatic carbocycles. The molecular weight excluding hydrogens is 262 g/mol. The second-order valence-electron chi connectivity index (χ2n) is 4.45. The van der Waals surface area contributed by atoms with Crippen molar-refractivity contribution in [2.75, 3.05) is 24.5 Å². The van der Waals surface area contributed by atoms with Crippen molar-refractivity contribution in [3.8, 4) is 5.75 Å². The molecule has 0 heterocycles. The van der Waals surface area contributed by atoms with Crippen LogP contribution in [0.1, 0.15) is 38.3 Å². The lowest BCUT2D eigenvalue weighted by Crippen LogP contribution is -2.22. The van der Waals surface area contributed by atoms with Gasteiger partial charge in [0.25, 0.3) is 0 Å². The Kier molecular flexibility index (Phi) is 8.56. The molecule has 1 aromatic rings. The predicted molar refractivity (Wildman–Crippen MR) is 84.1 cm³/mol. The minimum atomic E-state index is -0.140. The molecule has 0 saturated carbocycles. The molecule has 5 N–H and O–H groups in total. The quantitative estimate of drug-likeness (QED) is 0.720. The van der Waals surface area contributed by atoms with Gasteiger partial charge in [-0.1, -0.05) is 6.07 Å². The molecule has 0 aliphatic heterocycles. The Morgan fingerprint density at radius 2 is 1.89 bits per heavy atom. The number of rotatable bonds is 7. The Bertz CT molecular complexity index is 370. The second kappa shape index (κ2) is 9.02. The average molecular weight is 288 g/mol. The first-order chi connectivity index (χ1) is 8.63. The third-order valence-corrected chi connectivity index (χ3v) is 3.26. The van der Waals surface area contributed by atoms with Gasteiger partial charge >= 0.3 is 0 Å². The van der Waals surface area contributed by atoms with Crippen LogP contribution >= 0.6 is 12.4 Å². The molecule has 0 aliphatic carbocycles. The summed E-state index contributed by atoms with van der Waals surface area (Å²) in [5.41, 5.74) is 13.4. The molecule has 4 nitrogen and oxygen atoms in total. The van der Waals surface area contributed by atoms with Crippen LogP contribution in [0.5, 0.6) is 5.75 Å². The van der Waals surface area contributed by atoms with Gasteiger partial charge in [0.15, 0.2) is 0 Å². The number of hydrogen-bond donors (Lipinski definition) is 3. The minimum absolute atomic E-state index is 0. The monoisotopic (exact) mass is 287 g/mol. The number of nitrogens with two attached hydrogens (primary N) is 2. The maximum Gasteiger partial charge on any atom is 0.122 e. The topological polar surface area (TPSA) is 75.5 Å². The number of hydrogen-bond acceptors (Lipinski definition) is 4. The van der Waals surface area contributed by atoms with Gasteiger partial charge in [0.05, 0.1) is 0 Å². The van der Waals surface area contributed by atoms with E-state index in [0.29, 0.717) is 6.54 Å². The van der Waals surface area contributed by atoms with E-state index in [1.165, 1.54) is 0 Å². The summed E-state index contributed by atoms with van der Waals surface area (Å²) in [7, 11) is 0. The zero-order chi connectivity index (χ0) is 13.5. The minimum Gasteiger partial charge on any atom is -0.508 e. The predicted octanol–water partition coefficient (Wildman–Crippen LogP) is 2.40. The maximum absolute atomic E-state index is 10.1. The molecule has 0 aliphatic rings. The summed E-state index contributed by atoms with van der Waals surface area (Å²) in [6.45, 7) is 6.68. The summed E-state index contributed by atoms with van der Waals surface area (Å²) in [6, 6.07) is 5.60. The third kappa shape index (κ3) is 4.90. The van der Waals surface area contributed by atoms with Gasteiger partial charge in [-0.2, -0.15) is 0 Å². The van der Waals surface area contributed by atoms with Crippen LogP contribution in [0.25, 0.3) is 0 Å². The Morgan fingerprint density at radius 3 is 2.37 bits per heavy atom. The van der Waals surface area contributed by atoms with Crippen LogP contribution < -0.4 is 16.4 Å². The number of anilines is 1. The van der Waals surface area contributed by atoms with E-state index in [2.05, 4.69) is 18.7 Å². The fourth-order valence-corrected chi connectivity index (χ4v) is 2.12. The van der Waals surface area contributed by atoms with E-state index in [1.54, 1.807) is 6.07 Å². The second-order valence-corrected chi connectivity index (χ2v) is 4.45. The summed E-state index contributed by atoms with van der Waals surface area (Å²) >= 11 is 0. The van der Waals surface area contributed by atoms with Gasteiger partial charge in [-0.15, -0.1) is 12.4 Å². The molecule has 0 unspecified atom stereocenters. The van der Waals surface area contributed by atoms with Gasteiger partial charge in [0, 0.05) is 36.4 Å². The van der Waals surface area contributed by atoms with Crippen LogP contribution in [0.4, 0.5) is 5.69 Å². The van der Waals surface area contributed by atoms with Crippen molar-refractivity contribution in [1.82, 2.24) is 0 Å². The Morgan fingerprint density at radius 1 is 1.26 bits per heavy atom. The van der Waals surface area contributed by atoms with E-state index in [1.807, 2.05) is 12.1 Å². The highest BCUT2D eigenvalue weighted by Crippen LogP contribution is 2.29. The van der Waals surface area contributed by atoms with Gasteiger partial charge in [0.2, 0.25) is 0 Å². The third-order valence-electron chi connectivity index (χ3n) is 3.26. The summed E-state index contributed by atoms with van der Waals surface area (Å²) in [6.07, 6.45) is 1.67. The lowest BCUT2D eigenvalue weighted by atomic mass is 10.0. The number of aromatic hydroxyl groups is 1. The standard InChI is InChI=1S/C14H25N3O.ClH/c1-3-17(4-2)11-7-8-12(14(18)10-11)13(16)6-5-9-15;/h7-8,10,13,18H,3-6,9,15-16H2,1-2H3;1H/t13-;/m0./s1. The fourth-order valence-electron chi connectivity index (χ4n) is 2.12. The zero-order valence-electron chi connectivity index (χ0n) is 11.8. The van der Waals surface area contributed by atoms with Crippen LogP contribution in [0.2, 0.25) is 0 Å². The molecule has 0 amide bonds. The Labute approximate surface area is 122 Å². The molecule has 0 saturated heterocycles. The number of halogens is 1. The summed E-state index contributed by atoms with van der Waals surface area (Å²) < 4.78 is 0. The first kappa shape index (κ1) is 18.0. The largest absolute Gasteiger partial charge is 0.508 e.